The SMILES string of the molecule is C[C@@H](C(=O)N(C)Cc1ccncc1)N1CC[C@H](NS(=O)(=O)c2ccc3cc(Cl)ccc3c2)C1=O. The van der Waals surface area contributed by atoms with Crippen LogP contribution in [0.4, 0.5) is 0 Å². The lowest BCUT2D eigenvalue weighted by molar-refractivity contribution is -0.142. The summed E-state index contributed by atoms with van der Waals surface area (Å²) in [5.74, 6) is -0.629. The summed E-state index contributed by atoms with van der Waals surface area (Å²) < 4.78 is 28.5. The van der Waals surface area contributed by atoms with Gasteiger partial charge >= 0.3 is 0 Å². The number of nitrogens with one attached hydrogen (secondary N) is 1. The Labute approximate surface area is 203 Å². The van der Waals surface area contributed by atoms with Gasteiger partial charge in [0.2, 0.25) is 21.8 Å². The van der Waals surface area contributed by atoms with Crippen LogP contribution in [0.1, 0.15) is 18.9 Å². The number of rotatable bonds is 7. The molecular formula is C24H25ClN4O4S. The van der Waals surface area contributed by atoms with Crippen LogP contribution < -0.4 is 4.72 Å². The van der Waals surface area contributed by atoms with Gasteiger partial charge in [0.05, 0.1) is 4.90 Å². The number of sulfonamides is 1. The molecule has 0 aliphatic carbocycles. The van der Waals surface area contributed by atoms with Crippen LogP contribution in [0, 0.1) is 0 Å². The first-order chi connectivity index (χ1) is 16.2. The van der Waals surface area contributed by atoms with Crippen molar-refractivity contribution in [3.63, 3.8) is 0 Å². The summed E-state index contributed by atoms with van der Waals surface area (Å²) in [7, 11) is -2.26. The summed E-state index contributed by atoms with van der Waals surface area (Å²) in [6.07, 6.45) is 3.60. The van der Waals surface area contributed by atoms with Gasteiger partial charge in [0.25, 0.3) is 0 Å². The van der Waals surface area contributed by atoms with Gasteiger partial charge in [0, 0.05) is 37.6 Å². The minimum Gasteiger partial charge on any atom is -0.340 e. The molecule has 1 N–H and O–H groups in total. The van der Waals surface area contributed by atoms with E-state index >= 15 is 0 Å². The number of pyridine rings is 1. The molecule has 10 heteroatoms. The first kappa shape index (κ1) is 24.1. The zero-order valence-electron chi connectivity index (χ0n) is 18.8. The van der Waals surface area contributed by atoms with Crippen LogP contribution in [0.3, 0.4) is 0 Å². The molecule has 1 aliphatic heterocycles. The van der Waals surface area contributed by atoms with Crippen molar-refractivity contribution < 1.29 is 18.0 Å². The molecule has 0 radical (unpaired) electrons. The summed E-state index contributed by atoms with van der Waals surface area (Å²) in [5, 5.41) is 2.11. The van der Waals surface area contributed by atoms with Crippen LogP contribution in [0.5, 0.6) is 0 Å². The summed E-state index contributed by atoms with van der Waals surface area (Å²) in [6, 6.07) is 11.9. The largest absolute Gasteiger partial charge is 0.340 e. The molecule has 4 rings (SSSR count). The number of carbonyl (C=O) groups is 2. The summed E-state index contributed by atoms with van der Waals surface area (Å²) in [6.45, 7) is 2.34. The summed E-state index contributed by atoms with van der Waals surface area (Å²) in [5.41, 5.74) is 0.925. The molecule has 0 saturated carbocycles. The second kappa shape index (κ2) is 9.69. The van der Waals surface area contributed by atoms with E-state index < -0.39 is 28.0 Å². The topological polar surface area (TPSA) is 99.7 Å². The highest BCUT2D eigenvalue weighted by molar-refractivity contribution is 7.89. The normalized spacial score (nSPS) is 17.2. The van der Waals surface area contributed by atoms with E-state index in [1.807, 2.05) is 12.1 Å². The molecule has 0 unspecified atom stereocenters. The average Bonchev–Trinajstić information content (AvgIpc) is 3.17. The summed E-state index contributed by atoms with van der Waals surface area (Å²) >= 11 is 6.00. The number of hydrogen-bond acceptors (Lipinski definition) is 5. The van der Waals surface area contributed by atoms with E-state index in [0.717, 1.165) is 16.3 Å². The van der Waals surface area contributed by atoms with E-state index in [-0.39, 0.29) is 23.8 Å². The maximum atomic E-state index is 13.0. The van der Waals surface area contributed by atoms with Crippen molar-refractivity contribution in [2.24, 2.45) is 0 Å². The molecule has 8 nitrogen and oxygen atoms in total. The van der Waals surface area contributed by atoms with Crippen molar-refractivity contribution in [2.45, 2.75) is 36.9 Å². The Morgan fingerprint density at radius 2 is 1.85 bits per heavy atom. The minimum absolute atomic E-state index is 0.0646. The van der Waals surface area contributed by atoms with Crippen molar-refractivity contribution in [1.82, 2.24) is 19.5 Å². The molecule has 1 aromatic heterocycles. The van der Waals surface area contributed by atoms with E-state index in [0.29, 0.717) is 11.6 Å². The van der Waals surface area contributed by atoms with Crippen LogP contribution >= 0.6 is 11.6 Å². The first-order valence-electron chi connectivity index (χ1n) is 10.8. The smallest absolute Gasteiger partial charge is 0.245 e. The van der Waals surface area contributed by atoms with Crippen LogP contribution in [0.25, 0.3) is 10.8 Å². The van der Waals surface area contributed by atoms with Gasteiger partial charge in [-0.1, -0.05) is 23.7 Å². The van der Waals surface area contributed by atoms with Crippen molar-refractivity contribution in [1.29, 1.82) is 0 Å². The van der Waals surface area contributed by atoms with Gasteiger partial charge < -0.3 is 9.80 Å². The van der Waals surface area contributed by atoms with Crippen molar-refractivity contribution in [3.05, 3.63) is 71.5 Å². The third kappa shape index (κ3) is 5.06. The lowest BCUT2D eigenvalue weighted by Crippen LogP contribution is -2.49. The molecular weight excluding hydrogens is 476 g/mol. The van der Waals surface area contributed by atoms with Gasteiger partial charge in [0.15, 0.2) is 0 Å². The van der Waals surface area contributed by atoms with Crippen LogP contribution in [0.2, 0.25) is 5.02 Å². The number of halogens is 1. The van der Waals surface area contributed by atoms with E-state index in [1.54, 1.807) is 61.6 Å². The molecule has 2 heterocycles. The number of benzene rings is 2. The molecule has 34 heavy (non-hydrogen) atoms. The highest BCUT2D eigenvalue weighted by atomic mass is 35.5. The number of nitrogens with zero attached hydrogens (tertiary/aromatic N) is 3. The third-order valence-electron chi connectivity index (χ3n) is 5.99. The van der Waals surface area contributed by atoms with Gasteiger partial charge in [-0.15, -0.1) is 0 Å². The van der Waals surface area contributed by atoms with Crippen molar-refractivity contribution >= 4 is 44.2 Å². The Bertz CT molecular complexity index is 1330. The Kier molecular flexibility index (Phi) is 6.88. The monoisotopic (exact) mass is 500 g/mol. The maximum absolute atomic E-state index is 13.0. The molecule has 0 spiro atoms. The molecule has 178 valence electrons. The van der Waals surface area contributed by atoms with E-state index in [1.165, 1.54) is 11.0 Å². The highest BCUT2D eigenvalue weighted by Crippen LogP contribution is 2.24. The second-order valence-electron chi connectivity index (χ2n) is 8.37. The number of fused-ring (bicyclic) bond motifs is 1. The van der Waals surface area contributed by atoms with Gasteiger partial charge in [-0.3, -0.25) is 14.6 Å². The second-order valence-corrected chi connectivity index (χ2v) is 10.5. The Morgan fingerprint density at radius 3 is 2.59 bits per heavy atom. The van der Waals surface area contributed by atoms with Crippen LogP contribution in [0.15, 0.2) is 65.8 Å². The average molecular weight is 501 g/mol. The fourth-order valence-corrected chi connectivity index (χ4v) is 5.54. The first-order valence-corrected chi connectivity index (χ1v) is 12.7. The third-order valence-corrected chi connectivity index (χ3v) is 7.70. The van der Waals surface area contributed by atoms with Crippen molar-refractivity contribution in [2.75, 3.05) is 13.6 Å². The number of likely N-dealkylation sites (N-methyl/N-ethyl adjacent to an activating group) is 1. The molecule has 0 bridgehead atoms. The van der Waals surface area contributed by atoms with E-state index in [4.69, 9.17) is 11.6 Å². The Balaban J connectivity index is 1.43. The predicted octanol–water partition coefficient (Wildman–Crippen LogP) is 2.81. The fraction of sp³-hybridized carbons (Fsp3) is 0.292. The molecule has 1 fully saturated rings. The zero-order chi connectivity index (χ0) is 24.5. The molecule has 2 amide bonds. The number of aromatic nitrogens is 1. The van der Waals surface area contributed by atoms with E-state index in [9.17, 15) is 18.0 Å². The quantitative estimate of drug-likeness (QED) is 0.537. The van der Waals surface area contributed by atoms with Crippen molar-refractivity contribution in [3.8, 4) is 0 Å². The number of hydrogen-bond donors (Lipinski definition) is 1. The highest BCUT2D eigenvalue weighted by Gasteiger charge is 2.39. The lowest BCUT2D eigenvalue weighted by Gasteiger charge is -2.28. The lowest BCUT2D eigenvalue weighted by atomic mass is 10.1. The fourth-order valence-electron chi connectivity index (χ4n) is 4.11. The molecule has 2 aromatic carbocycles. The standard InChI is InChI=1S/C24H25ClN4O4S/c1-16(23(30)28(2)15-17-7-10-26-11-8-17)29-12-9-22(24(29)31)27-34(32,33)21-6-4-18-13-20(25)5-3-19(18)14-21/h3-8,10-11,13-14,16,22,27H,9,12,15H2,1-2H3/t16-,22-/m0/s1. The summed E-state index contributed by atoms with van der Waals surface area (Å²) in [4.78, 5) is 32.9. The van der Waals surface area contributed by atoms with Gasteiger partial charge in [-0.05, 0) is 66.1 Å². The molecule has 1 saturated heterocycles. The number of carbonyl (C=O) groups excluding carboxylic acids is 2. The zero-order valence-corrected chi connectivity index (χ0v) is 20.4. The number of likely N-dealkylation sites (tertiary alicyclic amines) is 1. The Hall–Kier alpha value is -3.01. The predicted molar refractivity (Wildman–Crippen MR) is 130 cm³/mol. The van der Waals surface area contributed by atoms with Gasteiger partial charge in [-0.25, -0.2) is 8.42 Å². The minimum atomic E-state index is -3.94. The number of amides is 2. The molecule has 3 aromatic rings. The Morgan fingerprint density at radius 1 is 1.18 bits per heavy atom. The van der Waals surface area contributed by atoms with Crippen LogP contribution in [-0.4, -0.2) is 60.7 Å². The van der Waals surface area contributed by atoms with Crippen LogP contribution in [-0.2, 0) is 26.2 Å². The maximum Gasteiger partial charge on any atom is 0.245 e. The molecule has 1 aliphatic rings. The van der Waals surface area contributed by atoms with Gasteiger partial charge in [0.1, 0.15) is 12.1 Å². The van der Waals surface area contributed by atoms with E-state index in [2.05, 4.69) is 9.71 Å². The van der Waals surface area contributed by atoms with Gasteiger partial charge in [-0.2, -0.15) is 4.72 Å². The molecule has 2 atom stereocenters.